The van der Waals surface area contributed by atoms with Crippen molar-refractivity contribution in [2.75, 3.05) is 13.7 Å². The molecule has 0 bridgehead atoms. The third kappa shape index (κ3) is 4.35. The first-order valence-corrected chi connectivity index (χ1v) is 9.40. The smallest absolute Gasteiger partial charge is 0.220 e. The molecule has 5 heteroatoms. The summed E-state index contributed by atoms with van der Waals surface area (Å²) in [6.45, 7) is 2.71. The summed E-state index contributed by atoms with van der Waals surface area (Å²) >= 11 is 1.59. The van der Waals surface area contributed by atoms with Gasteiger partial charge in [0.2, 0.25) is 5.91 Å². The average Bonchev–Trinajstić information content (AvgIpc) is 3.29. The quantitative estimate of drug-likeness (QED) is 0.794. The van der Waals surface area contributed by atoms with E-state index < -0.39 is 0 Å². The predicted octanol–water partition coefficient (Wildman–Crippen LogP) is 3.70. The summed E-state index contributed by atoms with van der Waals surface area (Å²) < 4.78 is 5.34. The molecule has 24 heavy (non-hydrogen) atoms. The van der Waals surface area contributed by atoms with Gasteiger partial charge in [-0.25, -0.2) is 4.98 Å². The van der Waals surface area contributed by atoms with Crippen molar-refractivity contribution >= 4 is 17.2 Å². The fraction of sp³-hybridized carbons (Fsp3) is 0.474. The summed E-state index contributed by atoms with van der Waals surface area (Å²) in [7, 11) is 1.69. The zero-order chi connectivity index (χ0) is 16.9. The van der Waals surface area contributed by atoms with Gasteiger partial charge in [-0.05, 0) is 48.8 Å². The van der Waals surface area contributed by atoms with E-state index in [1.807, 2.05) is 17.0 Å². The number of aryl methyl sites for hydroxylation is 1. The van der Waals surface area contributed by atoms with E-state index in [1.54, 1.807) is 18.4 Å². The molecule has 128 valence electrons. The van der Waals surface area contributed by atoms with Gasteiger partial charge in [0.25, 0.3) is 0 Å². The molecule has 1 atom stereocenters. The highest BCUT2D eigenvalue weighted by molar-refractivity contribution is 7.07. The van der Waals surface area contributed by atoms with Crippen molar-refractivity contribution in [3.05, 3.63) is 45.9 Å². The number of hydrogen-bond donors (Lipinski definition) is 1. The van der Waals surface area contributed by atoms with Gasteiger partial charge in [-0.2, -0.15) is 0 Å². The van der Waals surface area contributed by atoms with Gasteiger partial charge in [-0.15, -0.1) is 11.3 Å². The molecular weight excluding hydrogens is 320 g/mol. The van der Waals surface area contributed by atoms with E-state index >= 15 is 0 Å². The third-order valence-corrected chi connectivity index (χ3v) is 5.27. The van der Waals surface area contributed by atoms with Crippen LogP contribution in [0.3, 0.4) is 0 Å². The Morgan fingerprint density at radius 2 is 2.29 bits per heavy atom. The monoisotopic (exact) mass is 344 g/mol. The van der Waals surface area contributed by atoms with Crippen LogP contribution < -0.4 is 10.1 Å². The van der Waals surface area contributed by atoms with Crippen molar-refractivity contribution in [2.45, 2.75) is 38.5 Å². The van der Waals surface area contributed by atoms with Crippen LogP contribution in [0.5, 0.6) is 5.75 Å². The molecule has 0 aliphatic heterocycles. The lowest BCUT2D eigenvalue weighted by molar-refractivity contribution is -0.121. The number of benzene rings is 1. The van der Waals surface area contributed by atoms with E-state index in [4.69, 9.17) is 4.74 Å². The molecule has 1 aromatic heterocycles. The summed E-state index contributed by atoms with van der Waals surface area (Å²) in [5.74, 6) is 1.99. The first-order chi connectivity index (χ1) is 11.7. The standard InChI is InChI=1S/C19H24N2O2S/c1-13-9-15(5-6-18(13)23-2)17(14-3-4-14)10-19(22)20-8-7-16-11-24-12-21-16/h5-6,9,11-12,14,17H,3-4,7-8,10H2,1-2H3,(H,20,22). The first-order valence-electron chi connectivity index (χ1n) is 8.45. The lowest BCUT2D eigenvalue weighted by Crippen LogP contribution is -2.27. The van der Waals surface area contributed by atoms with Gasteiger partial charge in [-0.1, -0.05) is 12.1 Å². The molecule has 1 N–H and O–H groups in total. The fourth-order valence-electron chi connectivity index (χ4n) is 3.15. The number of carbonyl (C=O) groups is 1. The van der Waals surface area contributed by atoms with Gasteiger partial charge in [0.05, 0.1) is 18.3 Å². The highest BCUT2D eigenvalue weighted by atomic mass is 32.1. The highest BCUT2D eigenvalue weighted by Crippen LogP contribution is 2.45. The van der Waals surface area contributed by atoms with Crippen LogP contribution in [0.1, 0.15) is 42.0 Å². The second-order valence-corrected chi connectivity index (χ2v) is 7.18. The second kappa shape index (κ2) is 7.79. The minimum atomic E-state index is 0.135. The summed E-state index contributed by atoms with van der Waals surface area (Å²) in [6, 6.07) is 6.29. The van der Waals surface area contributed by atoms with Gasteiger partial charge in [0.15, 0.2) is 0 Å². The predicted molar refractivity (Wildman–Crippen MR) is 96.6 cm³/mol. The molecule has 3 rings (SSSR count). The van der Waals surface area contributed by atoms with Crippen molar-refractivity contribution in [1.29, 1.82) is 0 Å². The number of nitrogens with one attached hydrogen (secondary N) is 1. The molecule has 1 aliphatic carbocycles. The van der Waals surface area contributed by atoms with Crippen LogP contribution in [0.2, 0.25) is 0 Å². The molecule has 4 nitrogen and oxygen atoms in total. The Balaban J connectivity index is 1.57. The van der Waals surface area contributed by atoms with Gasteiger partial charge in [0, 0.05) is 24.8 Å². The number of rotatable bonds is 8. The topological polar surface area (TPSA) is 51.2 Å². The summed E-state index contributed by atoms with van der Waals surface area (Å²) in [6.07, 6.45) is 3.81. The van der Waals surface area contributed by atoms with Crippen molar-refractivity contribution < 1.29 is 9.53 Å². The lowest BCUT2D eigenvalue weighted by Gasteiger charge is -2.18. The Labute approximate surface area is 147 Å². The number of thiazole rings is 1. The van der Waals surface area contributed by atoms with Gasteiger partial charge >= 0.3 is 0 Å². The van der Waals surface area contributed by atoms with Crippen molar-refractivity contribution in [1.82, 2.24) is 10.3 Å². The molecule has 0 saturated heterocycles. The first kappa shape index (κ1) is 17.0. The van der Waals surface area contributed by atoms with Crippen molar-refractivity contribution in [3.8, 4) is 5.75 Å². The van der Waals surface area contributed by atoms with Crippen LogP contribution in [0.15, 0.2) is 29.1 Å². The normalized spacial score (nSPS) is 15.1. The van der Waals surface area contributed by atoms with Crippen molar-refractivity contribution in [3.63, 3.8) is 0 Å². The lowest BCUT2D eigenvalue weighted by atomic mass is 9.89. The fourth-order valence-corrected chi connectivity index (χ4v) is 3.74. The summed E-state index contributed by atoms with van der Waals surface area (Å²) in [5, 5.41) is 5.07. The Morgan fingerprint density at radius 1 is 1.46 bits per heavy atom. The zero-order valence-corrected chi connectivity index (χ0v) is 15.1. The van der Waals surface area contributed by atoms with E-state index in [2.05, 4.69) is 29.4 Å². The molecule has 0 spiro atoms. The minimum Gasteiger partial charge on any atom is -0.496 e. The molecule has 1 aliphatic rings. The van der Waals surface area contributed by atoms with Crippen LogP contribution in [0.4, 0.5) is 0 Å². The number of carbonyl (C=O) groups excluding carboxylic acids is 1. The van der Waals surface area contributed by atoms with Crippen LogP contribution in [-0.4, -0.2) is 24.5 Å². The summed E-state index contributed by atoms with van der Waals surface area (Å²) in [5.41, 5.74) is 5.26. The average molecular weight is 344 g/mol. The van der Waals surface area contributed by atoms with E-state index in [0.29, 0.717) is 24.8 Å². The SMILES string of the molecule is COc1ccc(C(CC(=O)NCCc2cscn2)C2CC2)cc1C. The molecule has 1 unspecified atom stereocenters. The van der Waals surface area contributed by atoms with Crippen LogP contribution in [0, 0.1) is 12.8 Å². The maximum Gasteiger partial charge on any atom is 0.220 e. The number of nitrogens with zero attached hydrogens (tertiary/aromatic N) is 1. The van der Waals surface area contributed by atoms with Crippen LogP contribution in [-0.2, 0) is 11.2 Å². The molecule has 1 aromatic carbocycles. The van der Waals surface area contributed by atoms with Gasteiger partial charge < -0.3 is 10.1 Å². The molecule has 1 fully saturated rings. The Bertz CT molecular complexity index is 681. The molecular formula is C19H24N2O2S. The van der Waals surface area contributed by atoms with Gasteiger partial charge in [-0.3, -0.25) is 4.79 Å². The molecule has 1 heterocycles. The van der Waals surface area contributed by atoms with Crippen LogP contribution >= 0.6 is 11.3 Å². The van der Waals surface area contributed by atoms with E-state index in [0.717, 1.165) is 23.4 Å². The number of hydrogen-bond acceptors (Lipinski definition) is 4. The van der Waals surface area contributed by atoms with Crippen molar-refractivity contribution in [2.24, 2.45) is 5.92 Å². The summed E-state index contributed by atoms with van der Waals surface area (Å²) in [4.78, 5) is 16.6. The molecule has 0 radical (unpaired) electrons. The van der Waals surface area contributed by atoms with E-state index in [9.17, 15) is 4.79 Å². The maximum absolute atomic E-state index is 12.3. The maximum atomic E-state index is 12.3. The molecule has 1 amide bonds. The third-order valence-electron chi connectivity index (χ3n) is 4.63. The van der Waals surface area contributed by atoms with E-state index in [1.165, 1.54) is 18.4 Å². The molecule has 1 saturated carbocycles. The number of amides is 1. The number of aromatic nitrogens is 1. The Morgan fingerprint density at radius 3 is 2.92 bits per heavy atom. The largest absolute Gasteiger partial charge is 0.496 e. The highest BCUT2D eigenvalue weighted by Gasteiger charge is 2.33. The molecule has 2 aromatic rings. The Kier molecular flexibility index (Phi) is 5.51. The van der Waals surface area contributed by atoms with Gasteiger partial charge in [0.1, 0.15) is 5.75 Å². The zero-order valence-electron chi connectivity index (χ0n) is 14.2. The van der Waals surface area contributed by atoms with E-state index in [-0.39, 0.29) is 5.91 Å². The number of ether oxygens (including phenoxy) is 1. The van der Waals surface area contributed by atoms with Crippen LogP contribution in [0.25, 0.3) is 0 Å². The Hall–Kier alpha value is -1.88. The number of methoxy groups -OCH3 is 1. The second-order valence-electron chi connectivity index (χ2n) is 6.46. The minimum absolute atomic E-state index is 0.135.